The molecule has 7 heteroatoms. The second-order valence-corrected chi connectivity index (χ2v) is 11.1. The van der Waals surface area contributed by atoms with E-state index in [1.807, 2.05) is 12.1 Å². The summed E-state index contributed by atoms with van der Waals surface area (Å²) in [5.74, 6) is -0.459. The van der Waals surface area contributed by atoms with E-state index >= 15 is 0 Å². The molecule has 0 radical (unpaired) electrons. The highest BCUT2D eigenvalue weighted by atomic mass is 35.5. The van der Waals surface area contributed by atoms with Gasteiger partial charge >= 0.3 is 0 Å². The van der Waals surface area contributed by atoms with E-state index in [1.165, 1.54) is 23.3 Å². The Morgan fingerprint density at radius 2 is 1.77 bits per heavy atom. The van der Waals surface area contributed by atoms with Gasteiger partial charge in [-0.3, -0.25) is 4.79 Å². The molecule has 4 nitrogen and oxygen atoms in total. The first-order valence-electron chi connectivity index (χ1n) is 13.4. The number of allylic oxidation sites excluding steroid dienone is 1. The van der Waals surface area contributed by atoms with Crippen molar-refractivity contribution < 1.29 is 9.18 Å². The van der Waals surface area contributed by atoms with Crippen molar-refractivity contribution in [3.8, 4) is 5.69 Å². The summed E-state index contributed by atoms with van der Waals surface area (Å²) in [7, 11) is 0. The Morgan fingerprint density at radius 1 is 0.974 bits per heavy atom. The van der Waals surface area contributed by atoms with Crippen LogP contribution in [0.1, 0.15) is 76.6 Å². The molecule has 3 aromatic carbocycles. The summed E-state index contributed by atoms with van der Waals surface area (Å²) in [6.45, 7) is 0. The van der Waals surface area contributed by atoms with Crippen LogP contribution in [0, 0.1) is 5.82 Å². The summed E-state index contributed by atoms with van der Waals surface area (Å²) >= 11 is 12.9. The van der Waals surface area contributed by atoms with Crippen LogP contribution in [0.5, 0.6) is 0 Å². The van der Waals surface area contributed by atoms with Crippen molar-refractivity contribution in [2.75, 3.05) is 0 Å². The highest BCUT2D eigenvalue weighted by Gasteiger charge is 2.30. The fraction of sp³-hybridized carbons (Fsp3) is 0.250. The number of benzene rings is 3. The van der Waals surface area contributed by atoms with E-state index in [0.717, 1.165) is 67.3 Å². The normalized spacial score (nSPS) is 17.8. The average Bonchev–Trinajstić information content (AvgIpc) is 3.18. The maximum Gasteiger partial charge on any atom is 0.272 e. The highest BCUT2D eigenvalue weighted by molar-refractivity contribution is 6.35. The van der Waals surface area contributed by atoms with E-state index in [1.54, 1.807) is 28.9 Å². The minimum Gasteiger partial charge on any atom is -0.344 e. The minimum absolute atomic E-state index is 0.0534. The Labute approximate surface area is 237 Å². The van der Waals surface area contributed by atoms with E-state index < -0.39 is 0 Å². The first-order valence-corrected chi connectivity index (χ1v) is 14.2. The molecule has 1 amide bonds. The SMILES string of the molecule is O=C(N[C@@H]1CCCc2ccccc21)c1nn(-c2ccc(Cl)cc2Cl)c2c1CCCCC2=Cc1ccc(F)cc1. The maximum atomic E-state index is 13.9. The molecule has 1 N–H and O–H groups in total. The molecule has 2 aliphatic carbocycles. The van der Waals surface area contributed by atoms with Crippen LogP contribution in [0.2, 0.25) is 10.0 Å². The van der Waals surface area contributed by atoms with E-state index in [9.17, 15) is 9.18 Å². The van der Waals surface area contributed by atoms with Crippen LogP contribution in [0.4, 0.5) is 4.39 Å². The van der Waals surface area contributed by atoms with Gasteiger partial charge in [0.05, 0.1) is 22.4 Å². The van der Waals surface area contributed by atoms with Crippen molar-refractivity contribution in [1.82, 2.24) is 15.1 Å². The van der Waals surface area contributed by atoms with Gasteiger partial charge in [-0.1, -0.05) is 59.6 Å². The van der Waals surface area contributed by atoms with Gasteiger partial charge in [0.15, 0.2) is 5.69 Å². The predicted octanol–water partition coefficient (Wildman–Crippen LogP) is 8.39. The van der Waals surface area contributed by atoms with Crippen LogP contribution < -0.4 is 5.32 Å². The molecule has 0 spiro atoms. The minimum atomic E-state index is -0.278. The zero-order valence-corrected chi connectivity index (χ0v) is 22.9. The van der Waals surface area contributed by atoms with Crippen LogP contribution in [0.25, 0.3) is 17.3 Å². The number of hydrogen-bond acceptors (Lipinski definition) is 2. The van der Waals surface area contributed by atoms with Gasteiger partial charge in [-0.15, -0.1) is 0 Å². The number of carbonyl (C=O) groups excluding carboxylic acids is 1. The molecule has 6 rings (SSSR count). The van der Waals surface area contributed by atoms with Crippen molar-refractivity contribution in [1.29, 1.82) is 0 Å². The molecule has 1 aromatic heterocycles. The van der Waals surface area contributed by atoms with Gasteiger partial charge in [0.1, 0.15) is 5.82 Å². The number of fused-ring (bicyclic) bond motifs is 2. The fourth-order valence-electron chi connectivity index (χ4n) is 5.79. The summed E-state index contributed by atoms with van der Waals surface area (Å²) in [4.78, 5) is 13.9. The number of rotatable bonds is 4. The van der Waals surface area contributed by atoms with Crippen molar-refractivity contribution >= 4 is 40.8 Å². The van der Waals surface area contributed by atoms with Crippen molar-refractivity contribution in [2.24, 2.45) is 0 Å². The maximum absolute atomic E-state index is 13.9. The van der Waals surface area contributed by atoms with E-state index in [-0.39, 0.29) is 17.8 Å². The van der Waals surface area contributed by atoms with Crippen LogP contribution >= 0.6 is 23.2 Å². The van der Waals surface area contributed by atoms with Gasteiger partial charge in [0.25, 0.3) is 5.91 Å². The van der Waals surface area contributed by atoms with Gasteiger partial charge in [-0.2, -0.15) is 5.10 Å². The molecule has 198 valence electrons. The number of halogens is 3. The first kappa shape index (κ1) is 25.8. The van der Waals surface area contributed by atoms with Crippen LogP contribution in [-0.2, 0) is 12.8 Å². The first-order chi connectivity index (χ1) is 19.0. The number of carbonyl (C=O) groups is 1. The summed E-state index contributed by atoms with van der Waals surface area (Å²) < 4.78 is 15.4. The molecule has 0 unspecified atom stereocenters. The van der Waals surface area contributed by atoms with E-state index in [4.69, 9.17) is 28.3 Å². The van der Waals surface area contributed by atoms with Crippen molar-refractivity contribution in [2.45, 2.75) is 51.0 Å². The summed E-state index contributed by atoms with van der Waals surface area (Å²) in [5.41, 5.74) is 7.26. The molecule has 2 aliphatic rings. The lowest BCUT2D eigenvalue weighted by atomic mass is 9.87. The van der Waals surface area contributed by atoms with Crippen molar-refractivity contribution in [3.05, 3.63) is 116 Å². The number of nitrogens with one attached hydrogen (secondary N) is 1. The van der Waals surface area contributed by atoms with Crippen LogP contribution in [0.3, 0.4) is 0 Å². The smallest absolute Gasteiger partial charge is 0.272 e. The molecule has 4 aromatic rings. The van der Waals surface area contributed by atoms with Gasteiger partial charge in [-0.25, -0.2) is 9.07 Å². The lowest BCUT2D eigenvalue weighted by Gasteiger charge is -2.26. The third kappa shape index (κ3) is 5.26. The van der Waals surface area contributed by atoms with E-state index in [0.29, 0.717) is 21.4 Å². The quantitative estimate of drug-likeness (QED) is 0.255. The average molecular weight is 561 g/mol. The molecular weight excluding hydrogens is 532 g/mol. The Hall–Kier alpha value is -3.41. The largest absolute Gasteiger partial charge is 0.344 e. The number of aromatic nitrogens is 2. The lowest BCUT2D eigenvalue weighted by molar-refractivity contribution is 0.0926. The molecule has 0 aliphatic heterocycles. The Balaban J connectivity index is 1.47. The number of aryl methyl sites for hydroxylation is 1. The van der Waals surface area contributed by atoms with Gasteiger partial charge in [0, 0.05) is 10.6 Å². The van der Waals surface area contributed by atoms with Gasteiger partial charge in [-0.05, 0) is 104 Å². The van der Waals surface area contributed by atoms with Crippen LogP contribution in [-0.4, -0.2) is 15.7 Å². The predicted molar refractivity (Wildman–Crippen MR) is 155 cm³/mol. The number of nitrogens with zero attached hydrogens (tertiary/aromatic N) is 2. The standard InChI is InChI=1S/C32H28Cl2FN3O/c33-23-14-17-29(27(34)19-23)38-31-22(18-20-12-15-24(35)16-13-20)7-2-4-10-26(31)30(37-38)32(39)36-28-11-5-8-21-6-1-3-9-25(21)28/h1,3,6,9,12-19,28H,2,4-5,7-8,10-11H2,(H,36,39)/t28-/m1/s1. The third-order valence-corrected chi connectivity index (χ3v) is 8.19. The molecular formula is C32H28Cl2FN3O. The van der Waals surface area contributed by atoms with Gasteiger partial charge < -0.3 is 5.32 Å². The molecule has 0 saturated carbocycles. The molecule has 1 atom stereocenters. The van der Waals surface area contributed by atoms with Crippen molar-refractivity contribution in [3.63, 3.8) is 0 Å². The van der Waals surface area contributed by atoms with E-state index in [2.05, 4.69) is 29.6 Å². The molecule has 1 heterocycles. The lowest BCUT2D eigenvalue weighted by Crippen LogP contribution is -2.31. The summed E-state index contributed by atoms with van der Waals surface area (Å²) in [5, 5.41) is 9.17. The number of hydrogen-bond donors (Lipinski definition) is 1. The fourth-order valence-corrected chi connectivity index (χ4v) is 6.28. The summed E-state index contributed by atoms with van der Waals surface area (Å²) in [6.07, 6.45) is 8.44. The third-order valence-electron chi connectivity index (χ3n) is 7.65. The number of amides is 1. The Bertz CT molecular complexity index is 1580. The van der Waals surface area contributed by atoms with Gasteiger partial charge in [0.2, 0.25) is 0 Å². The van der Waals surface area contributed by atoms with Crippen LogP contribution in [0.15, 0.2) is 66.7 Å². The Morgan fingerprint density at radius 3 is 2.59 bits per heavy atom. The topological polar surface area (TPSA) is 46.9 Å². The second kappa shape index (κ2) is 11.0. The zero-order valence-electron chi connectivity index (χ0n) is 21.4. The zero-order chi connectivity index (χ0) is 26.9. The summed E-state index contributed by atoms with van der Waals surface area (Å²) in [6, 6.07) is 20.0. The second-order valence-electron chi connectivity index (χ2n) is 10.2. The molecule has 39 heavy (non-hydrogen) atoms. The highest BCUT2D eigenvalue weighted by Crippen LogP contribution is 2.37. The molecule has 0 bridgehead atoms. The monoisotopic (exact) mass is 559 g/mol. The molecule has 0 saturated heterocycles. The Kier molecular flexibility index (Phi) is 7.28. The molecule has 0 fully saturated rings.